The molecular weight excluding hydrogens is 210 g/mol. The quantitative estimate of drug-likeness (QED) is 0.415. The summed E-state index contributed by atoms with van der Waals surface area (Å²) in [4.78, 5) is 4.15. The van der Waals surface area contributed by atoms with E-state index in [0.717, 1.165) is 24.3 Å². The summed E-state index contributed by atoms with van der Waals surface area (Å²) in [5.41, 5.74) is 0. The van der Waals surface area contributed by atoms with Crippen LogP contribution in [0.1, 0.15) is 12.8 Å². The van der Waals surface area contributed by atoms with Crippen molar-refractivity contribution in [3.63, 3.8) is 0 Å². The second-order valence-corrected chi connectivity index (χ2v) is 4.92. The van der Waals surface area contributed by atoms with Gasteiger partial charge in [0.2, 0.25) is 0 Å². The highest BCUT2D eigenvalue weighted by molar-refractivity contribution is 8.00. The minimum absolute atomic E-state index is 0.707. The summed E-state index contributed by atoms with van der Waals surface area (Å²) in [6.07, 6.45) is 2.68. The molecular formula is C10H21N3OS. The number of hydrogen-bond donors (Lipinski definition) is 2. The Morgan fingerprint density at radius 1 is 1.53 bits per heavy atom. The molecule has 1 aliphatic rings. The van der Waals surface area contributed by atoms with Gasteiger partial charge >= 0.3 is 0 Å². The largest absolute Gasteiger partial charge is 0.383 e. The standard InChI is InChI=1S/C10H21N3OS/c1-11-10(12-5-6-14-2)13-8-9-4-3-7-15-9/h9H,3-8H2,1-2H3,(H2,11,12,13). The molecule has 4 nitrogen and oxygen atoms in total. The molecule has 1 aliphatic heterocycles. The van der Waals surface area contributed by atoms with E-state index < -0.39 is 0 Å². The van der Waals surface area contributed by atoms with Crippen molar-refractivity contribution in [1.82, 2.24) is 10.6 Å². The Hall–Kier alpha value is -0.420. The van der Waals surface area contributed by atoms with Gasteiger partial charge in [-0.3, -0.25) is 4.99 Å². The Bertz CT molecular complexity index is 193. The second-order valence-electron chi connectivity index (χ2n) is 3.51. The van der Waals surface area contributed by atoms with Gasteiger partial charge in [-0.25, -0.2) is 0 Å². The predicted octanol–water partition coefficient (Wildman–Crippen LogP) is 0.693. The summed E-state index contributed by atoms with van der Waals surface area (Å²) >= 11 is 2.05. The number of nitrogens with zero attached hydrogens (tertiary/aromatic N) is 1. The lowest BCUT2D eigenvalue weighted by atomic mass is 10.2. The van der Waals surface area contributed by atoms with E-state index in [0.29, 0.717) is 6.61 Å². The van der Waals surface area contributed by atoms with Crippen LogP contribution in [0.4, 0.5) is 0 Å². The summed E-state index contributed by atoms with van der Waals surface area (Å²) in [5, 5.41) is 7.29. The van der Waals surface area contributed by atoms with E-state index in [1.807, 2.05) is 0 Å². The number of guanidine groups is 1. The number of rotatable bonds is 5. The SMILES string of the molecule is CN=C(NCCOC)NCC1CCCS1. The van der Waals surface area contributed by atoms with Gasteiger partial charge in [0.15, 0.2) is 5.96 Å². The van der Waals surface area contributed by atoms with Crippen molar-refractivity contribution in [3.8, 4) is 0 Å². The van der Waals surface area contributed by atoms with Crippen LogP contribution in [-0.2, 0) is 4.74 Å². The van der Waals surface area contributed by atoms with Crippen molar-refractivity contribution < 1.29 is 4.74 Å². The molecule has 0 aromatic carbocycles. The third-order valence-electron chi connectivity index (χ3n) is 2.34. The Balaban J connectivity index is 2.10. The van der Waals surface area contributed by atoms with Crippen LogP contribution < -0.4 is 10.6 Å². The first-order valence-electron chi connectivity index (χ1n) is 5.42. The van der Waals surface area contributed by atoms with Gasteiger partial charge in [-0.2, -0.15) is 11.8 Å². The van der Waals surface area contributed by atoms with E-state index in [1.54, 1.807) is 14.2 Å². The Labute approximate surface area is 96.2 Å². The number of methoxy groups -OCH3 is 1. The molecule has 0 saturated carbocycles. The maximum absolute atomic E-state index is 4.97. The first-order chi connectivity index (χ1) is 7.36. The van der Waals surface area contributed by atoms with E-state index in [9.17, 15) is 0 Å². The van der Waals surface area contributed by atoms with E-state index in [1.165, 1.54) is 18.6 Å². The number of hydrogen-bond acceptors (Lipinski definition) is 3. The van der Waals surface area contributed by atoms with Gasteiger partial charge in [-0.05, 0) is 18.6 Å². The summed E-state index contributed by atoms with van der Waals surface area (Å²) in [6, 6.07) is 0. The van der Waals surface area contributed by atoms with Gasteiger partial charge in [0.1, 0.15) is 0 Å². The number of aliphatic imine (C=N–C) groups is 1. The summed E-state index contributed by atoms with van der Waals surface area (Å²) in [6.45, 7) is 2.52. The van der Waals surface area contributed by atoms with Gasteiger partial charge in [0.05, 0.1) is 6.61 Å². The molecule has 1 heterocycles. The van der Waals surface area contributed by atoms with Gasteiger partial charge < -0.3 is 15.4 Å². The molecule has 1 unspecified atom stereocenters. The number of nitrogens with one attached hydrogen (secondary N) is 2. The zero-order chi connectivity index (χ0) is 10.9. The van der Waals surface area contributed by atoms with Crippen LogP contribution in [-0.4, -0.2) is 50.8 Å². The molecule has 5 heteroatoms. The van der Waals surface area contributed by atoms with Crippen LogP contribution in [0.5, 0.6) is 0 Å². The highest BCUT2D eigenvalue weighted by Crippen LogP contribution is 2.25. The lowest BCUT2D eigenvalue weighted by molar-refractivity contribution is 0.203. The minimum atomic E-state index is 0.707. The lowest BCUT2D eigenvalue weighted by Gasteiger charge is -2.14. The molecule has 1 atom stereocenters. The topological polar surface area (TPSA) is 45.7 Å². The van der Waals surface area contributed by atoms with Gasteiger partial charge in [-0.1, -0.05) is 0 Å². The molecule has 0 radical (unpaired) electrons. The number of thioether (sulfide) groups is 1. The van der Waals surface area contributed by atoms with Crippen LogP contribution >= 0.6 is 11.8 Å². The zero-order valence-electron chi connectivity index (χ0n) is 9.58. The van der Waals surface area contributed by atoms with E-state index in [4.69, 9.17) is 4.74 Å². The van der Waals surface area contributed by atoms with E-state index >= 15 is 0 Å². The summed E-state index contributed by atoms with van der Waals surface area (Å²) in [7, 11) is 3.50. The molecule has 0 bridgehead atoms. The normalized spacial score (nSPS) is 21.7. The van der Waals surface area contributed by atoms with Crippen molar-refractivity contribution in [2.75, 3.05) is 39.6 Å². The van der Waals surface area contributed by atoms with Crippen LogP contribution in [0.3, 0.4) is 0 Å². The fraction of sp³-hybridized carbons (Fsp3) is 0.900. The van der Waals surface area contributed by atoms with Gasteiger partial charge in [0.25, 0.3) is 0 Å². The molecule has 1 fully saturated rings. The Kier molecular flexibility index (Phi) is 6.59. The monoisotopic (exact) mass is 231 g/mol. The molecule has 0 aromatic heterocycles. The lowest BCUT2D eigenvalue weighted by Crippen LogP contribution is -2.41. The van der Waals surface area contributed by atoms with Crippen molar-refractivity contribution in [2.45, 2.75) is 18.1 Å². The molecule has 1 saturated heterocycles. The summed E-state index contributed by atoms with van der Waals surface area (Å²) < 4.78 is 4.97. The molecule has 0 aliphatic carbocycles. The smallest absolute Gasteiger partial charge is 0.191 e. The average Bonchev–Trinajstić information content (AvgIpc) is 2.76. The zero-order valence-corrected chi connectivity index (χ0v) is 10.4. The molecule has 0 spiro atoms. The van der Waals surface area contributed by atoms with Crippen LogP contribution in [0.15, 0.2) is 4.99 Å². The predicted molar refractivity (Wildman–Crippen MR) is 66.7 cm³/mol. The van der Waals surface area contributed by atoms with Crippen molar-refractivity contribution in [2.24, 2.45) is 4.99 Å². The van der Waals surface area contributed by atoms with Crippen molar-refractivity contribution in [3.05, 3.63) is 0 Å². The fourth-order valence-electron chi connectivity index (χ4n) is 1.51. The van der Waals surface area contributed by atoms with Gasteiger partial charge in [-0.15, -0.1) is 0 Å². The minimum Gasteiger partial charge on any atom is -0.383 e. The second kappa shape index (κ2) is 7.82. The maximum atomic E-state index is 4.97. The summed E-state index contributed by atoms with van der Waals surface area (Å²) in [5.74, 6) is 2.18. The fourth-order valence-corrected chi connectivity index (χ4v) is 2.71. The van der Waals surface area contributed by atoms with E-state index in [2.05, 4.69) is 27.4 Å². The van der Waals surface area contributed by atoms with Crippen molar-refractivity contribution >= 4 is 17.7 Å². The van der Waals surface area contributed by atoms with Crippen LogP contribution in [0.2, 0.25) is 0 Å². The molecule has 15 heavy (non-hydrogen) atoms. The Morgan fingerprint density at radius 3 is 3.00 bits per heavy atom. The highest BCUT2D eigenvalue weighted by Gasteiger charge is 2.15. The van der Waals surface area contributed by atoms with Gasteiger partial charge in [0, 0.05) is 32.5 Å². The molecule has 2 N–H and O–H groups in total. The number of ether oxygens (including phenoxy) is 1. The highest BCUT2D eigenvalue weighted by atomic mass is 32.2. The molecule has 88 valence electrons. The van der Waals surface area contributed by atoms with Crippen molar-refractivity contribution in [1.29, 1.82) is 0 Å². The average molecular weight is 231 g/mol. The third-order valence-corrected chi connectivity index (χ3v) is 3.74. The molecule has 0 aromatic rings. The molecule has 1 rings (SSSR count). The Morgan fingerprint density at radius 2 is 2.40 bits per heavy atom. The maximum Gasteiger partial charge on any atom is 0.191 e. The first kappa shape index (κ1) is 12.6. The first-order valence-corrected chi connectivity index (χ1v) is 6.46. The molecule has 0 amide bonds. The van der Waals surface area contributed by atoms with Crippen LogP contribution in [0, 0.1) is 0 Å². The van der Waals surface area contributed by atoms with E-state index in [-0.39, 0.29) is 0 Å². The van der Waals surface area contributed by atoms with Crippen LogP contribution in [0.25, 0.3) is 0 Å². The third kappa shape index (κ3) is 5.28.